The maximum Gasteiger partial charge on any atom is 0.242 e. The molecule has 0 saturated carbocycles. The Morgan fingerprint density at radius 3 is 2.34 bits per heavy atom. The van der Waals surface area contributed by atoms with Crippen molar-refractivity contribution < 1.29 is 9.59 Å². The Morgan fingerprint density at radius 1 is 1.03 bits per heavy atom. The van der Waals surface area contributed by atoms with Crippen LogP contribution in [0.15, 0.2) is 42.5 Å². The number of benzene rings is 2. The van der Waals surface area contributed by atoms with Crippen molar-refractivity contribution in [3.8, 4) is 0 Å². The molecule has 0 aliphatic rings. The van der Waals surface area contributed by atoms with Crippen molar-refractivity contribution >= 4 is 46.6 Å². The number of nitrogens with one attached hydrogen (secondary N) is 1. The summed E-state index contributed by atoms with van der Waals surface area (Å²) in [5.41, 5.74) is 1.50. The summed E-state index contributed by atoms with van der Waals surface area (Å²) in [7, 11) is 0. The van der Waals surface area contributed by atoms with Gasteiger partial charge in [0.25, 0.3) is 0 Å². The SMILES string of the molecule is CCC(C)NC(=O)C(C)N(Cc1cccc(Cl)c1)C(=O)Cc1ccc(Cl)cc1Cl. The molecule has 0 saturated heterocycles. The van der Waals surface area contributed by atoms with Gasteiger partial charge >= 0.3 is 0 Å². The number of carbonyl (C=O) groups excluding carboxylic acids is 2. The molecule has 29 heavy (non-hydrogen) atoms. The number of amides is 2. The van der Waals surface area contributed by atoms with Gasteiger partial charge in [-0.3, -0.25) is 9.59 Å². The molecule has 0 aliphatic heterocycles. The summed E-state index contributed by atoms with van der Waals surface area (Å²) in [6.07, 6.45) is 0.874. The van der Waals surface area contributed by atoms with E-state index in [1.54, 1.807) is 42.2 Å². The van der Waals surface area contributed by atoms with Crippen molar-refractivity contribution in [1.82, 2.24) is 10.2 Å². The molecule has 0 bridgehead atoms. The lowest BCUT2D eigenvalue weighted by atomic mass is 10.1. The second-order valence-electron chi connectivity index (χ2n) is 7.06. The van der Waals surface area contributed by atoms with E-state index >= 15 is 0 Å². The van der Waals surface area contributed by atoms with Crippen molar-refractivity contribution in [2.24, 2.45) is 0 Å². The Kier molecular flexibility index (Phi) is 8.81. The third-order valence-corrected chi connectivity index (χ3v) is 5.59. The van der Waals surface area contributed by atoms with E-state index in [-0.39, 0.29) is 30.8 Å². The monoisotopic (exact) mass is 454 g/mol. The number of hydrogen-bond donors (Lipinski definition) is 1. The molecule has 2 atom stereocenters. The number of carbonyl (C=O) groups is 2. The number of rotatable bonds is 8. The van der Waals surface area contributed by atoms with E-state index in [0.717, 1.165) is 12.0 Å². The highest BCUT2D eigenvalue weighted by molar-refractivity contribution is 6.35. The minimum Gasteiger partial charge on any atom is -0.352 e. The fourth-order valence-corrected chi connectivity index (χ4v) is 3.50. The molecule has 2 unspecified atom stereocenters. The van der Waals surface area contributed by atoms with Crippen LogP contribution in [0.1, 0.15) is 38.3 Å². The molecule has 2 rings (SSSR count). The van der Waals surface area contributed by atoms with Crippen LogP contribution in [-0.2, 0) is 22.6 Å². The normalized spacial score (nSPS) is 12.9. The molecule has 0 aliphatic carbocycles. The lowest BCUT2D eigenvalue weighted by Crippen LogP contribution is -2.49. The van der Waals surface area contributed by atoms with Gasteiger partial charge < -0.3 is 10.2 Å². The lowest BCUT2D eigenvalue weighted by Gasteiger charge is -2.30. The maximum absolute atomic E-state index is 13.2. The molecule has 156 valence electrons. The Morgan fingerprint density at radius 2 is 1.72 bits per heavy atom. The standard InChI is InChI=1S/C22H25Cl3N2O2/c1-4-14(2)26-22(29)15(3)27(13-16-6-5-7-18(23)10-16)21(28)11-17-8-9-19(24)12-20(17)25/h5-10,12,14-15H,4,11,13H2,1-3H3,(H,26,29). The summed E-state index contributed by atoms with van der Waals surface area (Å²) in [5, 5.41) is 4.44. The van der Waals surface area contributed by atoms with Gasteiger partial charge in [-0.05, 0) is 55.7 Å². The molecule has 0 aromatic heterocycles. The van der Waals surface area contributed by atoms with E-state index in [4.69, 9.17) is 34.8 Å². The van der Waals surface area contributed by atoms with E-state index in [1.807, 2.05) is 26.0 Å². The first-order valence-electron chi connectivity index (χ1n) is 9.49. The van der Waals surface area contributed by atoms with Gasteiger partial charge in [-0.15, -0.1) is 0 Å². The zero-order valence-corrected chi connectivity index (χ0v) is 19.0. The van der Waals surface area contributed by atoms with Gasteiger partial charge in [-0.25, -0.2) is 0 Å². The van der Waals surface area contributed by atoms with Gasteiger partial charge in [0, 0.05) is 27.7 Å². The van der Waals surface area contributed by atoms with Gasteiger partial charge in [0.2, 0.25) is 11.8 Å². The second-order valence-corrected chi connectivity index (χ2v) is 8.34. The zero-order chi connectivity index (χ0) is 21.6. The minimum absolute atomic E-state index is 0.0266. The van der Waals surface area contributed by atoms with E-state index < -0.39 is 6.04 Å². The van der Waals surface area contributed by atoms with Crippen molar-refractivity contribution in [2.75, 3.05) is 0 Å². The first-order chi connectivity index (χ1) is 13.7. The molecule has 0 radical (unpaired) electrons. The van der Waals surface area contributed by atoms with Gasteiger partial charge in [-0.2, -0.15) is 0 Å². The van der Waals surface area contributed by atoms with Gasteiger partial charge in [0.1, 0.15) is 6.04 Å². The Hall–Kier alpha value is -1.75. The molecule has 0 fully saturated rings. The molecule has 0 spiro atoms. The summed E-state index contributed by atoms with van der Waals surface area (Å²) >= 11 is 18.3. The Balaban J connectivity index is 2.26. The van der Waals surface area contributed by atoms with Crippen LogP contribution in [0.4, 0.5) is 0 Å². The van der Waals surface area contributed by atoms with Crippen LogP contribution < -0.4 is 5.32 Å². The summed E-state index contributed by atoms with van der Waals surface area (Å²) in [6.45, 7) is 5.91. The fraction of sp³-hybridized carbons (Fsp3) is 0.364. The van der Waals surface area contributed by atoms with E-state index in [2.05, 4.69) is 5.32 Å². The van der Waals surface area contributed by atoms with Gasteiger partial charge in [0.15, 0.2) is 0 Å². The van der Waals surface area contributed by atoms with Crippen LogP contribution in [0.5, 0.6) is 0 Å². The largest absolute Gasteiger partial charge is 0.352 e. The van der Waals surface area contributed by atoms with Crippen LogP contribution in [-0.4, -0.2) is 28.8 Å². The third kappa shape index (κ3) is 6.91. The van der Waals surface area contributed by atoms with Crippen molar-refractivity contribution in [3.63, 3.8) is 0 Å². The summed E-state index contributed by atoms with van der Waals surface area (Å²) in [6, 6.07) is 11.6. The first kappa shape index (κ1) is 23.5. The molecular weight excluding hydrogens is 431 g/mol. The van der Waals surface area contributed by atoms with Gasteiger partial charge in [0.05, 0.1) is 6.42 Å². The molecule has 2 aromatic rings. The van der Waals surface area contributed by atoms with E-state index in [1.165, 1.54) is 0 Å². The lowest BCUT2D eigenvalue weighted by molar-refractivity contribution is -0.140. The van der Waals surface area contributed by atoms with Crippen LogP contribution in [0.25, 0.3) is 0 Å². The summed E-state index contributed by atoms with van der Waals surface area (Å²) < 4.78 is 0. The van der Waals surface area contributed by atoms with Crippen LogP contribution in [0.2, 0.25) is 15.1 Å². The van der Waals surface area contributed by atoms with E-state index in [9.17, 15) is 9.59 Å². The highest BCUT2D eigenvalue weighted by Gasteiger charge is 2.27. The average Bonchev–Trinajstić information content (AvgIpc) is 2.67. The summed E-state index contributed by atoms with van der Waals surface area (Å²) in [5.74, 6) is -0.405. The molecule has 2 amide bonds. The molecule has 7 heteroatoms. The maximum atomic E-state index is 13.2. The quantitative estimate of drug-likeness (QED) is 0.569. The van der Waals surface area contributed by atoms with Crippen molar-refractivity contribution in [2.45, 2.75) is 52.2 Å². The molecule has 2 aromatic carbocycles. The highest BCUT2D eigenvalue weighted by atomic mass is 35.5. The van der Waals surface area contributed by atoms with E-state index in [0.29, 0.717) is 20.6 Å². The predicted octanol–water partition coefficient (Wildman–Crippen LogP) is 5.52. The van der Waals surface area contributed by atoms with Crippen molar-refractivity contribution in [1.29, 1.82) is 0 Å². The Labute approximate surface area is 187 Å². The predicted molar refractivity (Wildman–Crippen MR) is 120 cm³/mol. The van der Waals surface area contributed by atoms with Crippen LogP contribution in [0, 0.1) is 0 Å². The molecular formula is C22H25Cl3N2O2. The minimum atomic E-state index is -0.651. The number of hydrogen-bond acceptors (Lipinski definition) is 2. The van der Waals surface area contributed by atoms with Crippen LogP contribution in [0.3, 0.4) is 0 Å². The first-order valence-corrected chi connectivity index (χ1v) is 10.6. The zero-order valence-electron chi connectivity index (χ0n) is 16.7. The topological polar surface area (TPSA) is 49.4 Å². The fourth-order valence-electron chi connectivity index (χ4n) is 2.81. The van der Waals surface area contributed by atoms with Crippen molar-refractivity contribution in [3.05, 3.63) is 68.7 Å². The average molecular weight is 456 g/mol. The molecule has 0 heterocycles. The summed E-state index contributed by atoms with van der Waals surface area (Å²) in [4.78, 5) is 27.4. The van der Waals surface area contributed by atoms with Crippen LogP contribution >= 0.6 is 34.8 Å². The highest BCUT2D eigenvalue weighted by Crippen LogP contribution is 2.23. The number of halogens is 3. The smallest absolute Gasteiger partial charge is 0.242 e. The Bertz CT molecular complexity index is 873. The third-order valence-electron chi connectivity index (χ3n) is 4.77. The molecule has 4 nitrogen and oxygen atoms in total. The van der Waals surface area contributed by atoms with Gasteiger partial charge in [-0.1, -0.05) is 59.9 Å². The number of nitrogens with zero attached hydrogens (tertiary/aromatic N) is 1. The second kappa shape index (κ2) is 10.9. The molecule has 1 N–H and O–H groups in total.